The van der Waals surface area contributed by atoms with E-state index in [1.807, 2.05) is 18.2 Å². The van der Waals surface area contributed by atoms with Crippen LogP contribution >= 0.6 is 0 Å². The second-order valence-corrected chi connectivity index (χ2v) is 4.64. The summed E-state index contributed by atoms with van der Waals surface area (Å²) < 4.78 is 6.73. The van der Waals surface area contributed by atoms with E-state index in [0.717, 1.165) is 30.2 Å². The molecule has 0 atom stereocenters. The molecule has 0 N–H and O–H groups in total. The largest absolute Gasteiger partial charge is 0.378 e. The molecule has 20 heavy (non-hydrogen) atoms. The Morgan fingerprint density at radius 2 is 2.10 bits per heavy atom. The molecule has 3 rings (SSSR count). The normalized spacial score (nSPS) is 15.3. The van der Waals surface area contributed by atoms with Crippen molar-refractivity contribution in [2.24, 2.45) is 0 Å². The van der Waals surface area contributed by atoms with Gasteiger partial charge in [0.1, 0.15) is 0 Å². The highest BCUT2D eigenvalue weighted by Gasteiger charge is 2.21. The number of rotatable bonds is 2. The van der Waals surface area contributed by atoms with Crippen LogP contribution < -0.4 is 4.90 Å². The van der Waals surface area contributed by atoms with Gasteiger partial charge in [0.2, 0.25) is 5.91 Å². The Balaban J connectivity index is 2.04. The van der Waals surface area contributed by atoms with Gasteiger partial charge in [0.15, 0.2) is 5.82 Å². The maximum Gasteiger partial charge on any atom is 0.243 e. The molecule has 1 fully saturated rings. The zero-order valence-corrected chi connectivity index (χ0v) is 11.3. The fourth-order valence-electron chi connectivity index (χ4n) is 2.24. The third kappa shape index (κ3) is 2.42. The van der Waals surface area contributed by atoms with Crippen molar-refractivity contribution >= 4 is 11.7 Å². The van der Waals surface area contributed by atoms with Gasteiger partial charge in [0, 0.05) is 32.4 Å². The Morgan fingerprint density at radius 1 is 1.30 bits per heavy atom. The lowest BCUT2D eigenvalue weighted by molar-refractivity contribution is 0.0921. The summed E-state index contributed by atoms with van der Waals surface area (Å²) in [5.74, 6) is 0.684. The fraction of sp³-hybridized carbons (Fsp3) is 0.357. The van der Waals surface area contributed by atoms with Gasteiger partial charge in [-0.05, 0) is 12.1 Å². The van der Waals surface area contributed by atoms with E-state index < -0.39 is 0 Å². The maximum atomic E-state index is 11.6. The highest BCUT2D eigenvalue weighted by atomic mass is 16.5. The molecule has 0 spiro atoms. The molecule has 0 aliphatic carbocycles. The van der Waals surface area contributed by atoms with E-state index in [2.05, 4.69) is 15.0 Å². The fourth-order valence-corrected chi connectivity index (χ4v) is 2.24. The lowest BCUT2D eigenvalue weighted by atomic mass is 10.2. The van der Waals surface area contributed by atoms with Crippen LogP contribution in [0.15, 0.2) is 30.6 Å². The van der Waals surface area contributed by atoms with Crippen molar-refractivity contribution in [2.45, 2.75) is 6.92 Å². The van der Waals surface area contributed by atoms with Crippen LogP contribution in [0, 0.1) is 0 Å². The van der Waals surface area contributed by atoms with Gasteiger partial charge in [-0.2, -0.15) is 0 Å². The Kier molecular flexibility index (Phi) is 3.47. The first kappa shape index (κ1) is 12.8. The topological polar surface area (TPSA) is 60.2 Å². The van der Waals surface area contributed by atoms with Crippen molar-refractivity contribution in [3.05, 3.63) is 30.6 Å². The van der Waals surface area contributed by atoms with Gasteiger partial charge in [0.25, 0.3) is 0 Å². The lowest BCUT2D eigenvalue weighted by Gasteiger charge is -2.27. The van der Waals surface area contributed by atoms with Gasteiger partial charge in [0.05, 0.1) is 24.5 Å². The first-order chi connectivity index (χ1) is 9.75. The van der Waals surface area contributed by atoms with E-state index in [-0.39, 0.29) is 5.91 Å². The molecule has 0 radical (unpaired) electrons. The number of anilines is 1. The van der Waals surface area contributed by atoms with Crippen LogP contribution in [0.3, 0.4) is 0 Å². The number of pyridine rings is 1. The first-order valence-electron chi connectivity index (χ1n) is 6.60. The molecule has 104 valence electrons. The summed E-state index contributed by atoms with van der Waals surface area (Å²) in [4.78, 5) is 18.0. The second-order valence-electron chi connectivity index (χ2n) is 4.64. The van der Waals surface area contributed by atoms with Gasteiger partial charge >= 0.3 is 0 Å². The summed E-state index contributed by atoms with van der Waals surface area (Å²) in [5.41, 5.74) is 1.70. The van der Waals surface area contributed by atoms with Crippen LogP contribution in [0.4, 0.5) is 5.82 Å². The highest BCUT2D eigenvalue weighted by Crippen LogP contribution is 2.28. The molecule has 1 aliphatic rings. The van der Waals surface area contributed by atoms with Gasteiger partial charge in [-0.3, -0.25) is 9.78 Å². The molecule has 6 heteroatoms. The molecule has 1 saturated heterocycles. The van der Waals surface area contributed by atoms with Gasteiger partial charge in [-0.25, -0.2) is 4.68 Å². The summed E-state index contributed by atoms with van der Waals surface area (Å²) in [6.45, 7) is 4.39. The summed E-state index contributed by atoms with van der Waals surface area (Å²) in [6, 6.07) is 5.72. The number of carbonyl (C=O) groups is 1. The van der Waals surface area contributed by atoms with E-state index in [4.69, 9.17) is 4.74 Å². The summed E-state index contributed by atoms with van der Waals surface area (Å²) in [5, 5.41) is 4.41. The van der Waals surface area contributed by atoms with Crippen LogP contribution in [-0.4, -0.2) is 47.0 Å². The van der Waals surface area contributed by atoms with Crippen molar-refractivity contribution in [3.63, 3.8) is 0 Å². The van der Waals surface area contributed by atoms with Gasteiger partial charge < -0.3 is 9.64 Å². The number of carbonyl (C=O) groups excluding carboxylic acids is 1. The predicted octanol–water partition coefficient (Wildman–Crippen LogP) is 1.44. The number of morpholine rings is 1. The average Bonchev–Trinajstić information content (AvgIpc) is 2.94. The molecular weight excluding hydrogens is 256 g/mol. The minimum Gasteiger partial charge on any atom is -0.378 e. The van der Waals surface area contributed by atoms with Crippen molar-refractivity contribution in [2.75, 3.05) is 31.2 Å². The van der Waals surface area contributed by atoms with E-state index in [1.54, 1.807) is 12.4 Å². The Bertz CT molecular complexity index is 603. The monoisotopic (exact) mass is 272 g/mol. The summed E-state index contributed by atoms with van der Waals surface area (Å²) in [7, 11) is 0. The van der Waals surface area contributed by atoms with Crippen LogP contribution in [0.5, 0.6) is 0 Å². The van der Waals surface area contributed by atoms with Crippen LogP contribution in [0.2, 0.25) is 0 Å². The van der Waals surface area contributed by atoms with Crippen molar-refractivity contribution in [1.29, 1.82) is 0 Å². The number of ether oxygens (including phenoxy) is 1. The lowest BCUT2D eigenvalue weighted by Crippen LogP contribution is -2.36. The van der Waals surface area contributed by atoms with E-state index in [9.17, 15) is 4.79 Å². The Hall–Kier alpha value is -2.21. The number of aromatic nitrogens is 3. The van der Waals surface area contributed by atoms with Crippen LogP contribution in [0.1, 0.15) is 11.7 Å². The number of hydrogen-bond acceptors (Lipinski definition) is 5. The average molecular weight is 272 g/mol. The third-order valence-electron chi connectivity index (χ3n) is 3.27. The zero-order valence-electron chi connectivity index (χ0n) is 11.3. The molecule has 2 aromatic heterocycles. The molecular formula is C14H16N4O2. The molecule has 0 bridgehead atoms. The smallest absolute Gasteiger partial charge is 0.243 e. The van der Waals surface area contributed by atoms with Crippen LogP contribution in [0.25, 0.3) is 11.3 Å². The van der Waals surface area contributed by atoms with Gasteiger partial charge in [-0.1, -0.05) is 6.07 Å². The van der Waals surface area contributed by atoms with Crippen molar-refractivity contribution in [1.82, 2.24) is 14.8 Å². The highest BCUT2D eigenvalue weighted by molar-refractivity contribution is 5.80. The summed E-state index contributed by atoms with van der Waals surface area (Å²) >= 11 is 0. The quantitative estimate of drug-likeness (QED) is 0.828. The summed E-state index contributed by atoms with van der Waals surface area (Å²) in [6.07, 6.45) is 3.49. The Morgan fingerprint density at radius 3 is 2.75 bits per heavy atom. The van der Waals surface area contributed by atoms with E-state index in [1.165, 1.54) is 11.6 Å². The molecule has 0 amide bonds. The molecule has 3 heterocycles. The predicted molar refractivity (Wildman–Crippen MR) is 74.8 cm³/mol. The Labute approximate surface area is 117 Å². The zero-order chi connectivity index (χ0) is 13.9. The second kappa shape index (κ2) is 5.42. The first-order valence-corrected chi connectivity index (χ1v) is 6.60. The molecule has 6 nitrogen and oxygen atoms in total. The minimum absolute atomic E-state index is 0.110. The molecule has 1 aliphatic heterocycles. The SMILES string of the molecule is CC(=O)n1cc(-c2ccccn2)c(N2CCOCC2)n1. The maximum absolute atomic E-state index is 11.6. The standard InChI is InChI=1S/C14H16N4O2/c1-11(19)18-10-12(13-4-2-3-5-15-13)14(16-18)17-6-8-20-9-7-17/h2-5,10H,6-9H2,1H3. The molecule has 0 unspecified atom stereocenters. The van der Waals surface area contributed by atoms with Crippen molar-refractivity contribution in [3.8, 4) is 11.3 Å². The molecule has 0 saturated carbocycles. The van der Waals surface area contributed by atoms with Gasteiger partial charge in [-0.15, -0.1) is 5.10 Å². The molecule has 2 aromatic rings. The third-order valence-corrected chi connectivity index (χ3v) is 3.27. The number of hydrogen-bond donors (Lipinski definition) is 0. The minimum atomic E-state index is -0.110. The van der Waals surface area contributed by atoms with Crippen LogP contribution in [-0.2, 0) is 4.74 Å². The van der Waals surface area contributed by atoms with E-state index in [0.29, 0.717) is 13.2 Å². The number of nitrogens with zero attached hydrogens (tertiary/aromatic N) is 4. The van der Waals surface area contributed by atoms with Crippen molar-refractivity contribution < 1.29 is 9.53 Å². The van der Waals surface area contributed by atoms with E-state index >= 15 is 0 Å². The molecule has 0 aromatic carbocycles.